The lowest BCUT2D eigenvalue weighted by Crippen LogP contribution is -2.66. The molecule has 1 aliphatic carbocycles. The van der Waals surface area contributed by atoms with Crippen molar-refractivity contribution in [3.63, 3.8) is 0 Å². The van der Waals surface area contributed by atoms with E-state index in [1.165, 1.54) is 0 Å². The van der Waals surface area contributed by atoms with Crippen molar-refractivity contribution in [2.75, 3.05) is 0 Å². The van der Waals surface area contributed by atoms with Gasteiger partial charge < -0.3 is 9.31 Å². The van der Waals surface area contributed by atoms with Crippen molar-refractivity contribution >= 4 is 24.9 Å². The molecule has 6 heteroatoms. The lowest BCUT2D eigenvalue weighted by Gasteiger charge is -2.53. The quantitative estimate of drug-likeness (QED) is 0.417. The number of rotatable bonds is 4. The maximum absolute atomic E-state index is 13.6. The second-order valence-electron chi connectivity index (χ2n) is 10.8. The molecule has 2 aromatic rings. The predicted octanol–water partition coefficient (Wildman–Crippen LogP) is 3.94. The molecule has 0 spiro atoms. The SMILES string of the molecule is CC1CC(c2ccc(B3OC(C)(C)C(C)(C)O3)cc2)([N+]2(C=O)Cc3ccccc3C2=O)C1. The van der Waals surface area contributed by atoms with Crippen molar-refractivity contribution in [3.05, 3.63) is 65.2 Å². The fourth-order valence-electron chi connectivity index (χ4n) is 5.77. The number of hydrogen-bond donors (Lipinski definition) is 0. The van der Waals surface area contributed by atoms with Gasteiger partial charge in [-0.1, -0.05) is 49.4 Å². The third kappa shape index (κ3) is 2.76. The van der Waals surface area contributed by atoms with Gasteiger partial charge in [-0.15, -0.1) is 0 Å². The van der Waals surface area contributed by atoms with Gasteiger partial charge in [-0.05, 0) is 45.1 Å². The summed E-state index contributed by atoms with van der Waals surface area (Å²) >= 11 is 0. The lowest BCUT2D eigenvalue weighted by atomic mass is 9.62. The summed E-state index contributed by atoms with van der Waals surface area (Å²) in [7, 11) is -0.433. The van der Waals surface area contributed by atoms with E-state index in [1.807, 2.05) is 64.1 Å². The number of quaternary nitrogens is 1. The zero-order chi connectivity index (χ0) is 22.9. The monoisotopic (exact) mass is 432 g/mol. The number of carbonyl (C=O) groups is 2. The number of imide groups is 1. The highest BCUT2D eigenvalue weighted by molar-refractivity contribution is 6.62. The Balaban J connectivity index is 1.51. The van der Waals surface area contributed by atoms with Crippen LogP contribution >= 0.6 is 0 Å². The van der Waals surface area contributed by atoms with E-state index in [0.29, 0.717) is 18.0 Å². The van der Waals surface area contributed by atoms with Gasteiger partial charge in [-0.2, -0.15) is 4.48 Å². The van der Waals surface area contributed by atoms with Crippen molar-refractivity contribution in [1.82, 2.24) is 0 Å². The Morgan fingerprint density at radius 3 is 2.09 bits per heavy atom. The first-order valence-electron chi connectivity index (χ1n) is 11.5. The zero-order valence-corrected chi connectivity index (χ0v) is 19.6. The molecule has 3 aliphatic rings. The summed E-state index contributed by atoms with van der Waals surface area (Å²) in [5.41, 5.74) is 2.27. The summed E-state index contributed by atoms with van der Waals surface area (Å²) in [5, 5.41) is 0. The summed E-state index contributed by atoms with van der Waals surface area (Å²) in [6, 6.07) is 15.8. The standard InChI is InChI=1S/C26H31BNO4/c1-18-14-26(15-18,28(17-29)16-19-8-6-7-9-22(19)23(28)30)20-10-12-21(13-11-20)27-31-24(2,3)25(4,5)32-27/h6-13,17-18H,14-16H2,1-5H3/q+1. The van der Waals surface area contributed by atoms with Crippen molar-refractivity contribution < 1.29 is 23.4 Å². The third-order valence-corrected chi connectivity index (χ3v) is 8.32. The van der Waals surface area contributed by atoms with E-state index in [9.17, 15) is 9.59 Å². The smallest absolute Gasteiger partial charge is 0.399 e. The van der Waals surface area contributed by atoms with Crippen LogP contribution in [0.3, 0.4) is 0 Å². The van der Waals surface area contributed by atoms with E-state index in [-0.39, 0.29) is 10.4 Å². The first-order chi connectivity index (χ1) is 15.1. The second kappa shape index (κ2) is 6.86. The van der Waals surface area contributed by atoms with Gasteiger partial charge >= 0.3 is 19.4 Å². The molecule has 0 bridgehead atoms. The molecule has 0 aromatic heterocycles. The van der Waals surface area contributed by atoms with Gasteiger partial charge in [0, 0.05) is 24.0 Å². The molecule has 2 amide bonds. The van der Waals surface area contributed by atoms with Crippen LogP contribution in [-0.2, 0) is 26.2 Å². The Morgan fingerprint density at radius 2 is 1.56 bits per heavy atom. The molecule has 2 aromatic carbocycles. The number of fused-ring (bicyclic) bond motifs is 1. The molecule has 2 heterocycles. The van der Waals surface area contributed by atoms with Crippen LogP contribution in [0.1, 0.15) is 68.9 Å². The Morgan fingerprint density at radius 1 is 0.969 bits per heavy atom. The molecular formula is C26H31BNO4+. The average molecular weight is 432 g/mol. The van der Waals surface area contributed by atoms with E-state index in [2.05, 4.69) is 19.1 Å². The molecule has 1 unspecified atom stereocenters. The molecule has 5 nitrogen and oxygen atoms in total. The lowest BCUT2D eigenvalue weighted by molar-refractivity contribution is -0.851. The maximum atomic E-state index is 13.6. The number of nitrogens with zero attached hydrogens (tertiary/aromatic N) is 1. The van der Waals surface area contributed by atoms with Gasteiger partial charge in [-0.25, -0.2) is 9.59 Å². The average Bonchev–Trinajstić information content (AvgIpc) is 3.15. The van der Waals surface area contributed by atoms with E-state index in [0.717, 1.165) is 35.8 Å². The van der Waals surface area contributed by atoms with Crippen molar-refractivity contribution in [2.45, 2.75) is 70.7 Å². The molecule has 1 saturated carbocycles. The first-order valence-corrected chi connectivity index (χ1v) is 11.5. The molecule has 2 aliphatic heterocycles. The van der Waals surface area contributed by atoms with Gasteiger partial charge in [0.2, 0.25) is 0 Å². The highest BCUT2D eigenvalue weighted by atomic mass is 16.7. The zero-order valence-electron chi connectivity index (χ0n) is 19.6. The number of benzene rings is 2. The highest BCUT2D eigenvalue weighted by Gasteiger charge is 2.65. The summed E-state index contributed by atoms with van der Waals surface area (Å²) in [6.45, 7) is 10.8. The van der Waals surface area contributed by atoms with Crippen LogP contribution in [0.15, 0.2) is 48.5 Å². The Kier molecular flexibility index (Phi) is 4.62. The molecule has 0 N–H and O–H groups in total. The predicted molar refractivity (Wildman–Crippen MR) is 123 cm³/mol. The van der Waals surface area contributed by atoms with Crippen molar-refractivity contribution in [1.29, 1.82) is 0 Å². The van der Waals surface area contributed by atoms with Crippen LogP contribution in [0.25, 0.3) is 0 Å². The van der Waals surface area contributed by atoms with E-state index in [1.54, 1.807) is 0 Å². The van der Waals surface area contributed by atoms with Crippen LogP contribution in [-0.4, -0.2) is 35.1 Å². The fourth-order valence-corrected chi connectivity index (χ4v) is 5.77. The molecule has 2 fully saturated rings. The minimum Gasteiger partial charge on any atom is -0.399 e. The van der Waals surface area contributed by atoms with E-state index >= 15 is 0 Å². The largest absolute Gasteiger partial charge is 0.494 e. The van der Waals surface area contributed by atoms with E-state index < -0.39 is 23.9 Å². The van der Waals surface area contributed by atoms with Gasteiger partial charge in [0.1, 0.15) is 12.1 Å². The maximum Gasteiger partial charge on any atom is 0.494 e. The van der Waals surface area contributed by atoms with E-state index in [4.69, 9.17) is 9.31 Å². The minimum atomic E-state index is -0.536. The van der Waals surface area contributed by atoms with Crippen LogP contribution < -0.4 is 5.46 Å². The van der Waals surface area contributed by atoms with Crippen LogP contribution in [0.5, 0.6) is 0 Å². The van der Waals surface area contributed by atoms with Crippen LogP contribution in [0.4, 0.5) is 0 Å². The third-order valence-electron chi connectivity index (χ3n) is 8.32. The summed E-state index contributed by atoms with van der Waals surface area (Å²) < 4.78 is 12.2. The highest BCUT2D eigenvalue weighted by Crippen LogP contribution is 2.56. The molecule has 5 rings (SSSR count). The molecule has 166 valence electrons. The van der Waals surface area contributed by atoms with Gasteiger partial charge in [0.15, 0.2) is 0 Å². The van der Waals surface area contributed by atoms with Crippen molar-refractivity contribution in [3.8, 4) is 0 Å². The normalized spacial score (nSPS) is 32.5. The number of carbonyl (C=O) groups excluding carboxylic acids is 2. The van der Waals surface area contributed by atoms with Crippen molar-refractivity contribution in [2.24, 2.45) is 5.92 Å². The Bertz CT molecular complexity index is 1070. The molecule has 0 radical (unpaired) electrons. The van der Waals surface area contributed by atoms with Crippen LogP contribution in [0, 0.1) is 5.92 Å². The minimum absolute atomic E-state index is 0.0856. The summed E-state index contributed by atoms with van der Waals surface area (Å²) in [6.07, 6.45) is 2.50. The van der Waals surface area contributed by atoms with Gasteiger partial charge in [0.25, 0.3) is 0 Å². The van der Waals surface area contributed by atoms with Gasteiger partial charge in [0.05, 0.1) is 16.8 Å². The Hall–Kier alpha value is -2.28. The fraction of sp³-hybridized carbons (Fsp3) is 0.462. The number of hydrogen-bond acceptors (Lipinski definition) is 4. The summed E-state index contributed by atoms with van der Waals surface area (Å²) in [4.78, 5) is 26.2. The second-order valence-corrected chi connectivity index (χ2v) is 10.8. The Labute approximate surface area is 190 Å². The molecular weight excluding hydrogens is 401 g/mol. The summed E-state index contributed by atoms with van der Waals surface area (Å²) in [5.74, 6) is 0.377. The number of amides is 2. The van der Waals surface area contributed by atoms with Gasteiger partial charge in [-0.3, -0.25) is 0 Å². The molecule has 1 atom stereocenters. The topological polar surface area (TPSA) is 52.6 Å². The molecule has 1 saturated heterocycles. The van der Waals surface area contributed by atoms with Crippen LogP contribution in [0.2, 0.25) is 0 Å². The molecule has 32 heavy (non-hydrogen) atoms. The first kappa shape index (κ1) is 21.6.